The molecular formula is C85H88F15N11O22. The highest BCUT2D eigenvalue weighted by Crippen LogP contribution is 2.34. The fourth-order valence-electron chi connectivity index (χ4n) is 15.0. The zero-order chi connectivity index (χ0) is 98.2. The summed E-state index contributed by atoms with van der Waals surface area (Å²) in [5.41, 5.74) is -4.92. The standard InChI is InChI=1S/C29H31F5N4O7.C28H29F5N4O7.C28H28F5N3O8/c1-11-25(40)15(10-14-18(30)20(32)22(34)21(33)19(14)31)36-27(42)23(37-26(41)13-6-4-5-7-16(13)39)12(2)35-28(43)24(17-8-9-45-17)38(3)29(11)44;1-10-24(39)14(9-13-17(29)19(31)21(33)20(32)18(13)30)35-27(42)22(36-26(41)12-5-3-4-6-15(12)38)11(2)34-28(43)23(37-25(10)40)16-7-8-44-16;1-10-23(38)14(9-13-17(29)19(31)21(33)20(32)18(13)30)35-26(40)22(36-25(39)12-5-3-4-6-15(12)37)11(2)34-27(41)24(44-28(10)42)16-7-8-43-16/h4-7,11-12,15,17,23-25,39-40H,8-10H2,1-3H3,(H,35,43)(H,36,42)(H,37,41);3-6,10-11,14,16,22-24,38-39H,7-9H2,1-2H3,(H,34,43)(H,35,42)(H,36,41)(H,37,40);3-6,10-11,14,16,22-24,37-38H,7-9H2,1-2H3,(H,34,41)(H,35,40)(H,36,39)/t11-,12-,15+,17?,23+,24?,25+;10-,11-,14+,16?,22+,23?,24+;10-,11-,14+,16?,22+,23+,24?/m111/s1. The maximum absolute atomic E-state index is 14.7. The summed E-state index contributed by atoms with van der Waals surface area (Å²) in [5, 5.41) is 87.4. The lowest BCUT2D eigenvalue weighted by atomic mass is 9.89. The number of amides is 11. The Hall–Kier alpha value is -12.9. The second kappa shape index (κ2) is 43.2. The van der Waals surface area contributed by atoms with E-state index in [1.54, 1.807) is 0 Å². The van der Waals surface area contributed by atoms with Gasteiger partial charge < -0.3 is 108 Å². The number of ether oxygens (including phenoxy) is 4. The molecule has 6 unspecified atom stereocenters. The van der Waals surface area contributed by atoms with Crippen molar-refractivity contribution in [2.45, 2.75) is 189 Å². The number of aromatic hydroxyl groups is 3. The molecule has 0 aliphatic carbocycles. The van der Waals surface area contributed by atoms with Gasteiger partial charge in [0.25, 0.3) is 23.6 Å². The minimum atomic E-state index is -2.43. The van der Waals surface area contributed by atoms with Crippen molar-refractivity contribution in [1.29, 1.82) is 0 Å². The average molecular weight is 1900 g/mol. The zero-order valence-corrected chi connectivity index (χ0v) is 70.7. The van der Waals surface area contributed by atoms with Crippen LogP contribution in [0.1, 0.15) is 109 Å². The van der Waals surface area contributed by atoms with Crippen molar-refractivity contribution in [2.75, 3.05) is 26.9 Å². The molecule has 12 rings (SSSR count). The van der Waals surface area contributed by atoms with Crippen molar-refractivity contribution in [3.63, 3.8) is 0 Å². The number of phenols is 3. The Morgan fingerprint density at radius 3 is 0.955 bits per heavy atom. The predicted molar refractivity (Wildman–Crippen MR) is 423 cm³/mol. The molecule has 48 heteroatoms. The van der Waals surface area contributed by atoms with Gasteiger partial charge in [-0.2, -0.15) is 0 Å². The number of phenolic OH excluding ortho intramolecular Hbond substituents is 3. The third kappa shape index (κ3) is 22.4. The lowest BCUT2D eigenvalue weighted by Gasteiger charge is -2.41. The first-order valence-corrected chi connectivity index (χ1v) is 40.9. The third-order valence-electron chi connectivity index (χ3n) is 23.2. The number of carbonyl (C=O) groups excluding carboxylic acids is 12. The molecule has 0 radical (unpaired) electrons. The van der Waals surface area contributed by atoms with E-state index in [1.807, 2.05) is 0 Å². The molecule has 11 amide bonds. The van der Waals surface area contributed by atoms with E-state index >= 15 is 0 Å². The second-order valence-electron chi connectivity index (χ2n) is 32.1. The van der Waals surface area contributed by atoms with Gasteiger partial charge in [0.05, 0.1) is 101 Å². The highest BCUT2D eigenvalue weighted by atomic mass is 19.2. The normalized spacial score (nSPS) is 28.0. The number of para-hydroxylation sites is 3. The van der Waals surface area contributed by atoms with Crippen LogP contribution < -0.4 is 53.2 Å². The van der Waals surface area contributed by atoms with Gasteiger partial charge in [0, 0.05) is 69.2 Å². The molecule has 33 nitrogen and oxygen atoms in total. The van der Waals surface area contributed by atoms with Gasteiger partial charge >= 0.3 is 5.97 Å². The number of likely N-dealkylation sites (N-methyl/N-ethyl adjacent to an activating group) is 1. The number of carbonyl (C=O) groups is 12. The molecule has 720 valence electrons. The third-order valence-corrected chi connectivity index (χ3v) is 23.2. The van der Waals surface area contributed by atoms with E-state index in [0.717, 1.165) is 18.7 Å². The second-order valence-corrected chi connectivity index (χ2v) is 32.1. The Kier molecular flexibility index (Phi) is 33.2. The first kappa shape index (κ1) is 102. The number of hydrogen-bond acceptors (Lipinski definition) is 22. The summed E-state index contributed by atoms with van der Waals surface area (Å²) in [6.45, 7) is 8.13. The van der Waals surface area contributed by atoms with E-state index in [2.05, 4.69) is 53.2 Å². The van der Waals surface area contributed by atoms with Crippen molar-refractivity contribution in [2.24, 2.45) is 17.8 Å². The van der Waals surface area contributed by atoms with Crippen LogP contribution in [-0.4, -0.2) is 243 Å². The van der Waals surface area contributed by atoms with Crippen molar-refractivity contribution in [3.05, 3.63) is 193 Å². The molecule has 6 saturated heterocycles. The number of hydrogen-bond donors (Lipinski definition) is 16. The highest BCUT2D eigenvalue weighted by Gasteiger charge is 2.50. The number of nitrogens with one attached hydrogen (secondary N) is 10. The van der Waals surface area contributed by atoms with E-state index in [-0.39, 0.29) is 36.5 Å². The van der Waals surface area contributed by atoms with Crippen LogP contribution in [-0.2, 0) is 81.4 Å². The van der Waals surface area contributed by atoms with Crippen LogP contribution in [0.15, 0.2) is 72.8 Å². The van der Waals surface area contributed by atoms with Gasteiger partial charge in [0.15, 0.2) is 69.8 Å². The first-order valence-electron chi connectivity index (χ1n) is 40.9. The Balaban J connectivity index is 0.000000207. The van der Waals surface area contributed by atoms with Gasteiger partial charge in [-0.1, -0.05) is 50.2 Å². The van der Waals surface area contributed by atoms with Gasteiger partial charge in [0.1, 0.15) is 53.6 Å². The molecule has 16 N–H and O–H groups in total. The molecule has 6 fully saturated rings. The van der Waals surface area contributed by atoms with Gasteiger partial charge in [-0.05, 0) is 76.9 Å². The molecule has 21 atom stereocenters. The summed E-state index contributed by atoms with van der Waals surface area (Å²) < 4.78 is 234. The maximum Gasteiger partial charge on any atom is 0.312 e. The lowest BCUT2D eigenvalue weighted by Crippen LogP contribution is -2.66. The molecule has 6 aliphatic heterocycles. The summed E-state index contributed by atoms with van der Waals surface area (Å²) >= 11 is 0. The Morgan fingerprint density at radius 1 is 0.361 bits per heavy atom. The minimum absolute atomic E-state index is 0.241. The summed E-state index contributed by atoms with van der Waals surface area (Å²) in [6.07, 6.45) is -12.6. The SMILES string of the molecule is C[C@H]1NC(=O)C(C2CCO2)N(C)C(=O)[C@H](C)[C@H](O)[C@H](Cc2c(F)c(F)c(F)c(F)c2F)NC(=O)[C@H]1NC(=O)c1ccccc1O.C[C@H]1NC(=O)C(C2CCO2)NC(=O)[C@H](C)[C@H](O)[C@H](Cc2c(F)c(F)c(F)c(F)c2F)NC(=O)[C@H]1NC(=O)c1ccccc1O.C[C@H]1NC(=O)C(C2CCO2)OC(=O)[C@H](C)[C@H](O)[C@H](Cc2c(F)c(F)c(F)c(F)c2F)NC(=O)[C@H]1NC(=O)c1ccccc1O. The number of cyclic esters (lactones) is 1. The summed E-state index contributed by atoms with van der Waals surface area (Å²) in [7, 11) is 1.25. The fourth-order valence-corrected chi connectivity index (χ4v) is 15.0. The van der Waals surface area contributed by atoms with Gasteiger partial charge in [-0.25, -0.2) is 65.9 Å². The van der Waals surface area contributed by atoms with Crippen LogP contribution in [0.3, 0.4) is 0 Å². The fraction of sp³-hybridized carbons (Fsp3) is 0.435. The molecule has 0 spiro atoms. The molecule has 0 saturated carbocycles. The van der Waals surface area contributed by atoms with Gasteiger partial charge in [-0.15, -0.1) is 0 Å². The number of halogens is 15. The predicted octanol–water partition coefficient (Wildman–Crippen LogP) is 2.88. The van der Waals surface area contributed by atoms with E-state index in [4.69, 9.17) is 18.9 Å². The molecule has 0 aromatic heterocycles. The van der Waals surface area contributed by atoms with Crippen LogP contribution in [0.5, 0.6) is 17.2 Å². The molecule has 6 aromatic carbocycles. The molecule has 6 aliphatic rings. The van der Waals surface area contributed by atoms with Crippen LogP contribution in [0, 0.1) is 105 Å². The zero-order valence-electron chi connectivity index (χ0n) is 70.7. The van der Waals surface area contributed by atoms with E-state index in [1.165, 1.54) is 108 Å². The molecule has 6 aromatic rings. The Bertz CT molecular complexity index is 5190. The van der Waals surface area contributed by atoms with E-state index in [0.29, 0.717) is 19.3 Å². The van der Waals surface area contributed by atoms with Crippen LogP contribution in [0.25, 0.3) is 0 Å². The summed E-state index contributed by atoms with van der Waals surface area (Å²) in [4.78, 5) is 160. The maximum atomic E-state index is 14.7. The van der Waals surface area contributed by atoms with Crippen LogP contribution in [0.2, 0.25) is 0 Å². The molecule has 0 bridgehead atoms. The largest absolute Gasteiger partial charge is 0.507 e. The van der Waals surface area contributed by atoms with E-state index < -0.39 is 338 Å². The van der Waals surface area contributed by atoms with Gasteiger partial charge in [-0.3, -0.25) is 57.5 Å². The number of aliphatic hydroxyl groups excluding tert-OH is 3. The Morgan fingerprint density at radius 2 is 0.647 bits per heavy atom. The van der Waals surface area contributed by atoms with E-state index in [9.17, 15) is 154 Å². The van der Waals surface area contributed by atoms with Crippen molar-refractivity contribution in [3.8, 4) is 17.2 Å². The lowest BCUT2D eigenvalue weighted by molar-refractivity contribution is -0.184. The number of rotatable bonds is 15. The van der Waals surface area contributed by atoms with Crippen molar-refractivity contribution < 1.29 is 173 Å². The average Bonchev–Trinajstić information content (AvgIpc) is 0.776. The smallest absolute Gasteiger partial charge is 0.312 e. The highest BCUT2D eigenvalue weighted by molar-refractivity contribution is 6.03. The number of esters is 1. The molecule has 6 heterocycles. The summed E-state index contributed by atoms with van der Waals surface area (Å²) in [6, 6.07) is -1.29. The quantitative estimate of drug-likeness (QED) is 0.0304. The van der Waals surface area contributed by atoms with Crippen LogP contribution in [0.4, 0.5) is 65.9 Å². The van der Waals surface area contributed by atoms with Crippen molar-refractivity contribution >= 4 is 70.9 Å². The minimum Gasteiger partial charge on any atom is -0.507 e. The van der Waals surface area contributed by atoms with Crippen molar-refractivity contribution in [1.82, 2.24) is 58.1 Å². The van der Waals surface area contributed by atoms with Crippen LogP contribution >= 0.6 is 0 Å². The van der Waals surface area contributed by atoms with Gasteiger partial charge in [0.2, 0.25) is 64.9 Å². The Labute approximate surface area is 743 Å². The topological polar surface area (TPSA) is 487 Å². The summed E-state index contributed by atoms with van der Waals surface area (Å²) in [5.74, 6) is -52.0. The number of nitrogens with zero attached hydrogens (tertiary/aromatic N) is 1. The molecule has 133 heavy (non-hydrogen) atoms. The first-order chi connectivity index (χ1) is 62.6. The number of aliphatic hydroxyl groups is 3. The monoisotopic (exact) mass is 1900 g/mol. The molecular weight excluding hydrogens is 1810 g/mol. The number of benzene rings is 6.